The zero-order valence-corrected chi connectivity index (χ0v) is 12.3. The molecule has 1 aromatic rings. The highest BCUT2D eigenvalue weighted by molar-refractivity contribution is 5.90. The largest absolute Gasteiger partial charge is 0.384 e. The van der Waals surface area contributed by atoms with Crippen molar-refractivity contribution in [1.29, 1.82) is 0 Å². The van der Waals surface area contributed by atoms with E-state index >= 15 is 0 Å². The summed E-state index contributed by atoms with van der Waals surface area (Å²) < 4.78 is 5.05. The second-order valence-electron chi connectivity index (χ2n) is 5.67. The number of hydrogen-bond acceptors (Lipinski definition) is 3. The summed E-state index contributed by atoms with van der Waals surface area (Å²) in [5.41, 5.74) is 2.08. The second kappa shape index (κ2) is 7.41. The van der Waals surface area contributed by atoms with E-state index in [2.05, 4.69) is 16.7 Å². The third-order valence-corrected chi connectivity index (χ3v) is 3.37. The Balaban J connectivity index is 1.81. The van der Waals surface area contributed by atoms with Crippen molar-refractivity contribution in [1.82, 2.24) is 5.32 Å². The van der Waals surface area contributed by atoms with E-state index in [0.29, 0.717) is 19.1 Å². The number of hydrogen-bond donors (Lipinski definition) is 2. The Labute approximate surface area is 120 Å². The molecule has 0 spiro atoms. The number of nitrogens with one attached hydrogen (secondary N) is 2. The lowest BCUT2D eigenvalue weighted by atomic mass is 10.1. The van der Waals surface area contributed by atoms with Crippen LogP contribution >= 0.6 is 0 Å². The van der Waals surface area contributed by atoms with Crippen molar-refractivity contribution in [2.24, 2.45) is 5.92 Å². The van der Waals surface area contributed by atoms with Gasteiger partial charge in [0.25, 0.3) is 0 Å². The minimum Gasteiger partial charge on any atom is -0.384 e. The standard InChI is InChI=1S/C16H24N2O2/c1-12(11-20-2)8-16(19)18-15-5-3-4-13(9-15)10-17-14-6-7-14/h3-5,9,12,14,17H,6-8,10-11H2,1-2H3,(H,18,19). The van der Waals surface area contributed by atoms with Gasteiger partial charge in [-0.05, 0) is 36.5 Å². The summed E-state index contributed by atoms with van der Waals surface area (Å²) in [6.07, 6.45) is 3.06. The molecule has 0 aromatic heterocycles. The fraction of sp³-hybridized carbons (Fsp3) is 0.562. The highest BCUT2D eigenvalue weighted by Crippen LogP contribution is 2.20. The number of amides is 1. The van der Waals surface area contributed by atoms with Gasteiger partial charge in [-0.2, -0.15) is 0 Å². The van der Waals surface area contributed by atoms with Crippen LogP contribution in [0.3, 0.4) is 0 Å². The lowest BCUT2D eigenvalue weighted by Crippen LogP contribution is -2.18. The van der Waals surface area contributed by atoms with E-state index in [1.54, 1.807) is 7.11 Å². The molecule has 2 N–H and O–H groups in total. The van der Waals surface area contributed by atoms with Crippen LogP contribution in [0.2, 0.25) is 0 Å². The maximum atomic E-state index is 11.9. The summed E-state index contributed by atoms with van der Waals surface area (Å²) in [5.74, 6) is 0.279. The van der Waals surface area contributed by atoms with Crippen LogP contribution in [0.4, 0.5) is 5.69 Å². The average Bonchev–Trinajstić information content (AvgIpc) is 3.20. The van der Waals surface area contributed by atoms with Gasteiger partial charge in [-0.15, -0.1) is 0 Å². The number of ether oxygens (including phenoxy) is 1. The molecule has 110 valence electrons. The van der Waals surface area contributed by atoms with Crippen LogP contribution in [0.15, 0.2) is 24.3 Å². The molecule has 0 bridgehead atoms. The van der Waals surface area contributed by atoms with E-state index in [1.807, 2.05) is 25.1 Å². The maximum absolute atomic E-state index is 11.9. The van der Waals surface area contributed by atoms with Gasteiger partial charge in [-0.25, -0.2) is 0 Å². The van der Waals surface area contributed by atoms with Crippen LogP contribution in [0.25, 0.3) is 0 Å². The normalized spacial score (nSPS) is 15.9. The molecular formula is C16H24N2O2. The van der Waals surface area contributed by atoms with E-state index in [1.165, 1.54) is 18.4 Å². The summed E-state index contributed by atoms with van der Waals surface area (Å²) in [6, 6.07) is 8.73. The third kappa shape index (κ3) is 5.31. The van der Waals surface area contributed by atoms with Gasteiger partial charge in [-0.1, -0.05) is 19.1 Å². The lowest BCUT2D eigenvalue weighted by molar-refractivity contribution is -0.117. The van der Waals surface area contributed by atoms with E-state index < -0.39 is 0 Å². The number of anilines is 1. The van der Waals surface area contributed by atoms with Crippen molar-refractivity contribution in [2.45, 2.75) is 38.8 Å². The maximum Gasteiger partial charge on any atom is 0.224 e. The molecule has 0 saturated heterocycles. The highest BCUT2D eigenvalue weighted by Gasteiger charge is 2.19. The van der Waals surface area contributed by atoms with Gasteiger partial charge in [0.05, 0.1) is 0 Å². The lowest BCUT2D eigenvalue weighted by Gasteiger charge is -2.11. The molecule has 1 unspecified atom stereocenters. The Hall–Kier alpha value is -1.39. The highest BCUT2D eigenvalue weighted by atomic mass is 16.5. The van der Waals surface area contributed by atoms with Crippen molar-refractivity contribution in [2.75, 3.05) is 19.0 Å². The van der Waals surface area contributed by atoms with E-state index in [0.717, 1.165) is 12.2 Å². The zero-order valence-electron chi connectivity index (χ0n) is 12.3. The molecule has 2 rings (SSSR count). The summed E-state index contributed by atoms with van der Waals surface area (Å²) in [6.45, 7) is 3.49. The summed E-state index contributed by atoms with van der Waals surface area (Å²) in [4.78, 5) is 11.9. The van der Waals surface area contributed by atoms with E-state index in [4.69, 9.17) is 4.74 Å². The van der Waals surface area contributed by atoms with Crippen LogP contribution in [0, 0.1) is 5.92 Å². The predicted octanol–water partition coefficient (Wildman–Crippen LogP) is 2.55. The molecule has 4 heteroatoms. The number of methoxy groups -OCH3 is 1. The van der Waals surface area contributed by atoms with Gasteiger partial charge >= 0.3 is 0 Å². The van der Waals surface area contributed by atoms with Crippen molar-refractivity contribution >= 4 is 11.6 Å². The Morgan fingerprint density at radius 3 is 2.95 bits per heavy atom. The first-order valence-electron chi connectivity index (χ1n) is 7.28. The molecule has 1 aliphatic rings. The van der Waals surface area contributed by atoms with Crippen molar-refractivity contribution in [3.05, 3.63) is 29.8 Å². The third-order valence-electron chi connectivity index (χ3n) is 3.37. The molecule has 1 aliphatic carbocycles. The number of carbonyl (C=O) groups is 1. The Morgan fingerprint density at radius 2 is 2.25 bits per heavy atom. The second-order valence-corrected chi connectivity index (χ2v) is 5.67. The van der Waals surface area contributed by atoms with Crippen molar-refractivity contribution < 1.29 is 9.53 Å². The molecule has 1 atom stereocenters. The van der Waals surface area contributed by atoms with Gasteiger partial charge in [0.15, 0.2) is 0 Å². The Kier molecular flexibility index (Phi) is 5.56. The van der Waals surface area contributed by atoms with Gasteiger partial charge in [0, 0.05) is 38.4 Å². The Morgan fingerprint density at radius 1 is 1.45 bits per heavy atom. The minimum absolute atomic E-state index is 0.0434. The zero-order chi connectivity index (χ0) is 14.4. The molecule has 1 saturated carbocycles. The molecular weight excluding hydrogens is 252 g/mol. The fourth-order valence-corrected chi connectivity index (χ4v) is 2.18. The molecule has 1 aromatic carbocycles. The molecule has 1 fully saturated rings. The molecule has 4 nitrogen and oxygen atoms in total. The SMILES string of the molecule is COCC(C)CC(=O)Nc1cccc(CNC2CC2)c1. The van der Waals surface area contributed by atoms with Gasteiger partial charge in [0.1, 0.15) is 0 Å². The summed E-state index contributed by atoms with van der Waals surface area (Å²) >= 11 is 0. The van der Waals surface area contributed by atoms with E-state index in [-0.39, 0.29) is 11.8 Å². The van der Waals surface area contributed by atoms with Gasteiger partial charge < -0.3 is 15.4 Å². The summed E-state index contributed by atoms with van der Waals surface area (Å²) in [5, 5.41) is 6.43. The van der Waals surface area contributed by atoms with Crippen LogP contribution < -0.4 is 10.6 Å². The molecule has 0 radical (unpaired) electrons. The number of benzene rings is 1. The first-order valence-corrected chi connectivity index (χ1v) is 7.28. The Bertz CT molecular complexity index is 444. The van der Waals surface area contributed by atoms with Crippen LogP contribution in [-0.4, -0.2) is 25.7 Å². The molecule has 1 amide bonds. The predicted molar refractivity (Wildman–Crippen MR) is 80.6 cm³/mol. The molecule has 0 aliphatic heterocycles. The smallest absolute Gasteiger partial charge is 0.224 e. The average molecular weight is 276 g/mol. The molecule has 20 heavy (non-hydrogen) atoms. The van der Waals surface area contributed by atoms with Crippen LogP contribution in [-0.2, 0) is 16.1 Å². The summed E-state index contributed by atoms with van der Waals surface area (Å²) in [7, 11) is 1.66. The number of carbonyl (C=O) groups excluding carboxylic acids is 1. The molecule has 0 heterocycles. The van der Waals surface area contributed by atoms with Gasteiger partial charge in [-0.3, -0.25) is 4.79 Å². The van der Waals surface area contributed by atoms with Gasteiger partial charge in [0.2, 0.25) is 5.91 Å². The quantitative estimate of drug-likeness (QED) is 0.767. The van der Waals surface area contributed by atoms with Crippen LogP contribution in [0.1, 0.15) is 31.7 Å². The van der Waals surface area contributed by atoms with Crippen LogP contribution in [0.5, 0.6) is 0 Å². The van der Waals surface area contributed by atoms with Crippen molar-refractivity contribution in [3.63, 3.8) is 0 Å². The first-order chi connectivity index (χ1) is 9.67. The topological polar surface area (TPSA) is 50.4 Å². The van der Waals surface area contributed by atoms with Crippen molar-refractivity contribution in [3.8, 4) is 0 Å². The first kappa shape index (κ1) is 15.0. The monoisotopic (exact) mass is 276 g/mol. The minimum atomic E-state index is 0.0434. The fourth-order valence-electron chi connectivity index (χ4n) is 2.18. The van der Waals surface area contributed by atoms with E-state index in [9.17, 15) is 4.79 Å². The number of rotatable bonds is 8.